The van der Waals surface area contributed by atoms with Crippen molar-refractivity contribution in [3.05, 3.63) is 56.4 Å². The Balaban J connectivity index is 1.83. The molecule has 130 valence electrons. The van der Waals surface area contributed by atoms with Gasteiger partial charge in [0.2, 0.25) is 0 Å². The number of benzene rings is 1. The molecule has 1 saturated heterocycles. The van der Waals surface area contributed by atoms with Crippen LogP contribution in [0.15, 0.2) is 41.5 Å². The van der Waals surface area contributed by atoms with E-state index in [1.807, 2.05) is 48.3 Å². The lowest BCUT2D eigenvalue weighted by molar-refractivity contribution is 0.255. The van der Waals surface area contributed by atoms with Crippen LogP contribution >= 0.6 is 46.0 Å². The summed E-state index contributed by atoms with van der Waals surface area (Å²) in [7, 11) is 0. The Morgan fingerprint density at radius 1 is 1.40 bits per heavy atom. The molecule has 1 fully saturated rings. The first-order chi connectivity index (χ1) is 12.1. The zero-order valence-corrected chi connectivity index (χ0v) is 17.3. The molecule has 2 aromatic rings. The van der Waals surface area contributed by atoms with E-state index >= 15 is 0 Å². The topological polar surface area (TPSA) is 48.7 Å². The molecule has 4 rings (SSSR count). The molecule has 7 heteroatoms. The lowest BCUT2D eigenvalue weighted by atomic mass is 9.95. The standard InChI is InChI=1S/C18H17ClIN3OS/c1-2-11-9-25-18-22-15(14-5-3-4-6-21-14)16(23(11)18)10-7-12(19)17(24)13(20)8-10/h3-8,11,15-16,24H,2,9H2,1H3/t11-,15+,16+/m1/s1. The molecule has 4 nitrogen and oxygen atoms in total. The summed E-state index contributed by atoms with van der Waals surface area (Å²) in [4.78, 5) is 12.0. The summed E-state index contributed by atoms with van der Waals surface area (Å²) in [6, 6.07) is 10.3. The molecule has 1 N–H and O–H groups in total. The minimum atomic E-state index is -0.0607. The molecule has 0 bridgehead atoms. The molecule has 1 aromatic carbocycles. The number of phenolic OH excluding ortho intramolecular Hbond substituents is 1. The van der Waals surface area contributed by atoms with Crippen LogP contribution in [-0.4, -0.2) is 32.0 Å². The minimum Gasteiger partial charge on any atom is -0.505 e. The van der Waals surface area contributed by atoms with Gasteiger partial charge in [0.15, 0.2) is 5.17 Å². The minimum absolute atomic E-state index is 0.0523. The molecule has 3 heterocycles. The summed E-state index contributed by atoms with van der Waals surface area (Å²) < 4.78 is 0.758. The van der Waals surface area contributed by atoms with Gasteiger partial charge in [-0.25, -0.2) is 0 Å². The van der Waals surface area contributed by atoms with E-state index in [1.54, 1.807) is 0 Å². The van der Waals surface area contributed by atoms with E-state index in [-0.39, 0.29) is 17.8 Å². The third-order valence-corrected chi connectivity index (χ3v) is 6.95. The maximum absolute atomic E-state index is 10.0. The number of hydrogen-bond donors (Lipinski definition) is 1. The van der Waals surface area contributed by atoms with E-state index in [1.165, 1.54) is 0 Å². The number of rotatable bonds is 3. The average Bonchev–Trinajstić information content (AvgIpc) is 3.18. The fourth-order valence-electron chi connectivity index (χ4n) is 3.47. The van der Waals surface area contributed by atoms with Crippen molar-refractivity contribution in [3.8, 4) is 5.75 Å². The summed E-state index contributed by atoms with van der Waals surface area (Å²) >= 11 is 10.2. The maximum atomic E-state index is 10.0. The van der Waals surface area contributed by atoms with Gasteiger partial charge >= 0.3 is 0 Å². The van der Waals surface area contributed by atoms with Crippen LogP contribution in [0.1, 0.15) is 36.7 Å². The van der Waals surface area contributed by atoms with Crippen molar-refractivity contribution in [2.24, 2.45) is 4.99 Å². The van der Waals surface area contributed by atoms with Crippen LogP contribution in [0.2, 0.25) is 5.02 Å². The third kappa shape index (κ3) is 3.02. The zero-order valence-electron chi connectivity index (χ0n) is 13.6. The fourth-order valence-corrected chi connectivity index (χ4v) is 5.84. The van der Waals surface area contributed by atoms with Crippen LogP contribution in [0.25, 0.3) is 0 Å². The number of pyridine rings is 1. The van der Waals surface area contributed by atoms with E-state index in [2.05, 4.69) is 39.4 Å². The molecule has 0 aliphatic carbocycles. The van der Waals surface area contributed by atoms with Crippen molar-refractivity contribution in [2.45, 2.75) is 31.5 Å². The first kappa shape index (κ1) is 17.4. The summed E-state index contributed by atoms with van der Waals surface area (Å²) in [5, 5.41) is 11.5. The van der Waals surface area contributed by atoms with Gasteiger partial charge < -0.3 is 10.0 Å². The van der Waals surface area contributed by atoms with Crippen molar-refractivity contribution in [1.29, 1.82) is 0 Å². The monoisotopic (exact) mass is 485 g/mol. The van der Waals surface area contributed by atoms with E-state index in [0.717, 1.165) is 32.2 Å². The molecule has 0 spiro atoms. The van der Waals surface area contributed by atoms with Gasteiger partial charge in [-0.3, -0.25) is 9.98 Å². The molecule has 0 radical (unpaired) electrons. The summed E-state index contributed by atoms with van der Waals surface area (Å²) in [5.41, 5.74) is 2.03. The van der Waals surface area contributed by atoms with Crippen molar-refractivity contribution in [1.82, 2.24) is 9.88 Å². The lowest BCUT2D eigenvalue weighted by Gasteiger charge is -2.32. The molecule has 0 amide bonds. The molecule has 1 aromatic heterocycles. The predicted octanol–water partition coefficient (Wildman–Crippen LogP) is 5.02. The molecule has 0 unspecified atom stereocenters. The molecule has 3 atom stereocenters. The number of aromatic nitrogens is 1. The van der Waals surface area contributed by atoms with Gasteiger partial charge in [-0.05, 0) is 58.8 Å². The summed E-state index contributed by atoms with van der Waals surface area (Å²) in [5.74, 6) is 1.20. The van der Waals surface area contributed by atoms with Gasteiger partial charge in [0, 0.05) is 18.0 Å². The van der Waals surface area contributed by atoms with Gasteiger partial charge in [0.1, 0.15) is 11.8 Å². The Kier molecular flexibility index (Phi) is 4.85. The Labute approximate surface area is 169 Å². The van der Waals surface area contributed by atoms with E-state index in [4.69, 9.17) is 16.6 Å². The Morgan fingerprint density at radius 3 is 2.92 bits per heavy atom. The van der Waals surface area contributed by atoms with Gasteiger partial charge in [0.25, 0.3) is 0 Å². The number of hydrogen-bond acceptors (Lipinski definition) is 5. The number of aromatic hydroxyl groups is 1. The van der Waals surface area contributed by atoms with E-state index in [9.17, 15) is 5.11 Å². The average molecular weight is 486 g/mol. The van der Waals surface area contributed by atoms with Crippen LogP contribution in [-0.2, 0) is 0 Å². The highest BCUT2D eigenvalue weighted by molar-refractivity contribution is 14.1. The molecule has 25 heavy (non-hydrogen) atoms. The first-order valence-electron chi connectivity index (χ1n) is 8.18. The highest BCUT2D eigenvalue weighted by atomic mass is 127. The predicted molar refractivity (Wildman–Crippen MR) is 111 cm³/mol. The quantitative estimate of drug-likeness (QED) is 0.620. The van der Waals surface area contributed by atoms with Crippen molar-refractivity contribution < 1.29 is 5.11 Å². The smallest absolute Gasteiger partial charge is 0.160 e. The van der Waals surface area contributed by atoms with Crippen LogP contribution in [0, 0.1) is 3.57 Å². The number of thioether (sulfide) groups is 1. The largest absolute Gasteiger partial charge is 0.505 e. The number of halogens is 2. The SMILES string of the molecule is CC[C@@H]1CSC2=N[C@@H](c3ccccn3)[C@H](c3cc(Cl)c(O)c(I)c3)N21. The van der Waals surface area contributed by atoms with Gasteiger partial charge in [-0.1, -0.05) is 36.4 Å². The molecule has 2 aliphatic rings. The number of phenols is 1. The summed E-state index contributed by atoms with van der Waals surface area (Å²) in [6.45, 7) is 2.22. The summed E-state index contributed by atoms with van der Waals surface area (Å²) in [6.07, 6.45) is 2.88. The second kappa shape index (κ2) is 6.96. The second-order valence-electron chi connectivity index (χ2n) is 6.17. The second-order valence-corrected chi connectivity index (χ2v) is 8.73. The van der Waals surface area contributed by atoms with Gasteiger partial charge in [0.05, 0.1) is 20.3 Å². The van der Waals surface area contributed by atoms with Crippen LogP contribution in [0.5, 0.6) is 5.75 Å². The van der Waals surface area contributed by atoms with Gasteiger partial charge in [-0.2, -0.15) is 0 Å². The Morgan fingerprint density at radius 2 is 2.24 bits per heavy atom. The van der Waals surface area contributed by atoms with Crippen molar-refractivity contribution in [2.75, 3.05) is 5.75 Å². The van der Waals surface area contributed by atoms with Crippen molar-refractivity contribution in [3.63, 3.8) is 0 Å². The molecular weight excluding hydrogens is 469 g/mol. The number of nitrogens with zero attached hydrogens (tertiary/aromatic N) is 3. The maximum Gasteiger partial charge on any atom is 0.160 e. The highest BCUT2D eigenvalue weighted by Gasteiger charge is 2.45. The van der Waals surface area contributed by atoms with E-state index < -0.39 is 0 Å². The number of aliphatic imine (C=N–C) groups is 1. The number of amidine groups is 1. The van der Waals surface area contributed by atoms with Crippen molar-refractivity contribution >= 4 is 51.1 Å². The van der Waals surface area contributed by atoms with Crippen LogP contribution < -0.4 is 0 Å². The Bertz CT molecular complexity index is 809. The molecule has 2 aliphatic heterocycles. The first-order valence-corrected chi connectivity index (χ1v) is 10.6. The molecular formula is C18H17ClIN3OS. The third-order valence-electron chi connectivity index (χ3n) is 4.71. The normalized spacial score (nSPS) is 25.2. The Hall–Kier alpha value is -0.990. The van der Waals surface area contributed by atoms with Crippen LogP contribution in [0.3, 0.4) is 0 Å². The van der Waals surface area contributed by atoms with E-state index in [0.29, 0.717) is 11.1 Å². The van der Waals surface area contributed by atoms with Gasteiger partial charge in [-0.15, -0.1) is 0 Å². The zero-order chi connectivity index (χ0) is 17.6. The number of fused-ring (bicyclic) bond motifs is 1. The molecule has 0 saturated carbocycles. The fraction of sp³-hybridized carbons (Fsp3) is 0.333. The lowest BCUT2D eigenvalue weighted by Crippen LogP contribution is -2.35. The van der Waals surface area contributed by atoms with Crippen LogP contribution in [0.4, 0.5) is 0 Å². The highest BCUT2D eigenvalue weighted by Crippen LogP contribution is 2.49.